The van der Waals surface area contributed by atoms with Gasteiger partial charge in [-0.1, -0.05) is 53.2 Å². The summed E-state index contributed by atoms with van der Waals surface area (Å²) in [4.78, 5) is 0. The first-order chi connectivity index (χ1) is 13.7. The third kappa shape index (κ3) is 3.94. The molecular weight excluding hydrogens is 394 g/mol. The molecule has 1 aliphatic rings. The highest BCUT2D eigenvalue weighted by Crippen LogP contribution is 2.36. The van der Waals surface area contributed by atoms with Crippen molar-refractivity contribution in [3.8, 4) is 17.1 Å². The van der Waals surface area contributed by atoms with Gasteiger partial charge < -0.3 is 9.47 Å². The smallest absolute Gasteiger partial charge is 0.192 e. The third-order valence-electron chi connectivity index (χ3n) is 4.41. The van der Waals surface area contributed by atoms with Gasteiger partial charge in [-0.15, -0.1) is 16.8 Å². The van der Waals surface area contributed by atoms with Gasteiger partial charge >= 0.3 is 0 Å². The second-order valence-corrected chi connectivity index (χ2v) is 7.91. The maximum Gasteiger partial charge on any atom is 0.192 e. The van der Waals surface area contributed by atoms with Crippen molar-refractivity contribution in [1.82, 2.24) is 14.8 Å². The van der Waals surface area contributed by atoms with Crippen LogP contribution in [0.3, 0.4) is 0 Å². The fraction of sp³-hybridized carbons (Fsp3) is 0.238. The van der Waals surface area contributed by atoms with E-state index in [-0.39, 0.29) is 6.79 Å². The highest BCUT2D eigenvalue weighted by Gasteiger charge is 2.19. The van der Waals surface area contributed by atoms with Gasteiger partial charge in [0.05, 0.1) is 6.61 Å². The van der Waals surface area contributed by atoms with Crippen LogP contribution < -0.4 is 4.74 Å². The highest BCUT2D eigenvalue weighted by atomic mass is 35.5. The van der Waals surface area contributed by atoms with Crippen LogP contribution in [0.15, 0.2) is 54.2 Å². The van der Waals surface area contributed by atoms with Gasteiger partial charge in [-0.25, -0.2) is 0 Å². The fourth-order valence-corrected chi connectivity index (χ4v) is 4.37. The average molecular weight is 414 g/mol. The molecule has 1 aliphatic heterocycles. The largest absolute Gasteiger partial charge is 0.467 e. The highest BCUT2D eigenvalue weighted by molar-refractivity contribution is 7.98. The molecule has 5 nitrogen and oxygen atoms in total. The molecule has 4 rings (SSSR count). The Morgan fingerprint density at radius 3 is 3.00 bits per heavy atom. The third-order valence-corrected chi connectivity index (χ3v) is 5.65. The van der Waals surface area contributed by atoms with E-state index in [0.29, 0.717) is 23.9 Å². The first-order valence-corrected chi connectivity index (χ1v) is 10.3. The van der Waals surface area contributed by atoms with Crippen LogP contribution in [-0.2, 0) is 23.6 Å². The molecule has 0 atom stereocenters. The van der Waals surface area contributed by atoms with Gasteiger partial charge in [0, 0.05) is 34.0 Å². The second-order valence-electron chi connectivity index (χ2n) is 6.53. The summed E-state index contributed by atoms with van der Waals surface area (Å²) in [6.07, 6.45) is 1.86. The lowest BCUT2D eigenvalue weighted by Crippen LogP contribution is -2.13. The normalized spacial score (nSPS) is 13.1. The first-order valence-electron chi connectivity index (χ1n) is 8.91. The van der Waals surface area contributed by atoms with E-state index in [4.69, 9.17) is 21.1 Å². The van der Waals surface area contributed by atoms with Crippen molar-refractivity contribution < 1.29 is 9.47 Å². The molecule has 144 valence electrons. The van der Waals surface area contributed by atoms with Gasteiger partial charge in [0.2, 0.25) is 0 Å². The summed E-state index contributed by atoms with van der Waals surface area (Å²) in [5.74, 6) is 2.37. The number of aromatic nitrogens is 3. The Kier molecular flexibility index (Phi) is 5.71. The Hall–Kier alpha value is -2.28. The van der Waals surface area contributed by atoms with Crippen molar-refractivity contribution in [2.24, 2.45) is 0 Å². The van der Waals surface area contributed by atoms with E-state index >= 15 is 0 Å². The lowest BCUT2D eigenvalue weighted by Gasteiger charge is -2.21. The van der Waals surface area contributed by atoms with E-state index in [0.717, 1.165) is 33.4 Å². The lowest BCUT2D eigenvalue weighted by molar-refractivity contribution is -0.0168. The van der Waals surface area contributed by atoms with Gasteiger partial charge in [-0.3, -0.25) is 4.57 Å². The van der Waals surface area contributed by atoms with Crippen molar-refractivity contribution >= 4 is 23.4 Å². The summed E-state index contributed by atoms with van der Waals surface area (Å²) in [7, 11) is 0. The summed E-state index contributed by atoms with van der Waals surface area (Å²) in [6.45, 7) is 7.36. The number of nitrogens with zero attached hydrogens (tertiary/aromatic N) is 3. The molecule has 28 heavy (non-hydrogen) atoms. The number of benzene rings is 2. The number of ether oxygens (including phenoxy) is 2. The number of hydrogen-bond acceptors (Lipinski definition) is 5. The van der Waals surface area contributed by atoms with E-state index in [1.54, 1.807) is 11.8 Å². The average Bonchev–Trinajstić information content (AvgIpc) is 3.09. The van der Waals surface area contributed by atoms with Gasteiger partial charge in [-0.05, 0) is 25.1 Å². The predicted octanol–water partition coefficient (Wildman–Crippen LogP) is 5.25. The van der Waals surface area contributed by atoms with Crippen LogP contribution in [0.25, 0.3) is 11.4 Å². The zero-order chi connectivity index (χ0) is 19.5. The van der Waals surface area contributed by atoms with Crippen molar-refractivity contribution in [1.29, 1.82) is 0 Å². The van der Waals surface area contributed by atoms with Gasteiger partial charge in [0.1, 0.15) is 5.75 Å². The molecule has 0 fully saturated rings. The van der Waals surface area contributed by atoms with Gasteiger partial charge in [-0.2, -0.15) is 0 Å². The van der Waals surface area contributed by atoms with Crippen LogP contribution in [-0.4, -0.2) is 21.6 Å². The zero-order valence-corrected chi connectivity index (χ0v) is 17.1. The van der Waals surface area contributed by atoms with Crippen LogP contribution in [0.2, 0.25) is 5.02 Å². The minimum absolute atomic E-state index is 0.260. The molecule has 7 heteroatoms. The van der Waals surface area contributed by atoms with Gasteiger partial charge in [0.15, 0.2) is 17.8 Å². The summed E-state index contributed by atoms with van der Waals surface area (Å²) >= 11 is 7.88. The standard InChI is InChI=1S/C21H20ClN3O2S/c1-3-7-25-20(15-6-4-5-14(2)8-15)23-24-21(25)28-12-17-10-18(22)9-16-11-26-13-27-19(16)17/h3-6,8-10H,1,7,11-13H2,2H3. The van der Waals surface area contributed by atoms with E-state index < -0.39 is 0 Å². The number of rotatable bonds is 6. The van der Waals surface area contributed by atoms with E-state index in [1.165, 1.54) is 5.56 Å². The Labute approximate surface area is 173 Å². The van der Waals surface area contributed by atoms with Crippen LogP contribution in [0.4, 0.5) is 0 Å². The number of thioether (sulfide) groups is 1. The maximum absolute atomic E-state index is 6.28. The molecule has 0 radical (unpaired) electrons. The molecule has 0 bridgehead atoms. The summed E-state index contributed by atoms with van der Waals surface area (Å²) in [6, 6.07) is 12.1. The van der Waals surface area contributed by atoms with E-state index in [2.05, 4.69) is 40.4 Å². The molecule has 0 aliphatic carbocycles. The topological polar surface area (TPSA) is 49.2 Å². The Morgan fingerprint density at radius 1 is 1.29 bits per heavy atom. The monoisotopic (exact) mass is 413 g/mol. The number of fused-ring (bicyclic) bond motifs is 1. The van der Waals surface area contributed by atoms with Crippen molar-refractivity contribution in [3.63, 3.8) is 0 Å². The minimum atomic E-state index is 0.260. The Morgan fingerprint density at radius 2 is 2.18 bits per heavy atom. The molecule has 0 spiro atoms. The molecule has 1 aromatic heterocycles. The van der Waals surface area contributed by atoms with E-state index in [1.807, 2.05) is 30.3 Å². The lowest BCUT2D eigenvalue weighted by atomic mass is 10.1. The molecule has 2 heterocycles. The quantitative estimate of drug-likeness (QED) is 0.408. The Balaban J connectivity index is 1.63. The first kappa shape index (κ1) is 19.1. The second kappa shape index (κ2) is 8.39. The van der Waals surface area contributed by atoms with E-state index in [9.17, 15) is 0 Å². The van der Waals surface area contributed by atoms with Gasteiger partial charge in [0.25, 0.3) is 0 Å². The molecule has 3 aromatic rings. The number of halogens is 1. The van der Waals surface area contributed by atoms with Crippen LogP contribution in [0, 0.1) is 6.92 Å². The van der Waals surface area contributed by atoms with Crippen molar-refractivity contribution in [2.75, 3.05) is 6.79 Å². The predicted molar refractivity (Wildman–Crippen MR) is 112 cm³/mol. The molecule has 0 unspecified atom stereocenters. The molecule has 0 saturated heterocycles. The molecular formula is C21H20ClN3O2S. The van der Waals surface area contributed by atoms with Crippen LogP contribution in [0.1, 0.15) is 16.7 Å². The minimum Gasteiger partial charge on any atom is -0.467 e. The zero-order valence-electron chi connectivity index (χ0n) is 15.5. The number of hydrogen-bond donors (Lipinski definition) is 0. The van der Waals surface area contributed by atoms with Crippen LogP contribution >= 0.6 is 23.4 Å². The summed E-state index contributed by atoms with van der Waals surface area (Å²) < 4.78 is 13.1. The number of allylic oxidation sites excluding steroid dienone is 1. The Bertz CT molecular complexity index is 1020. The SMILES string of the molecule is C=CCn1c(SCc2cc(Cl)cc3c2OCOC3)nnc1-c1cccc(C)c1. The summed E-state index contributed by atoms with van der Waals surface area (Å²) in [5.41, 5.74) is 4.23. The molecule has 0 saturated carbocycles. The maximum atomic E-state index is 6.28. The van der Waals surface area contributed by atoms with Crippen molar-refractivity contribution in [3.05, 3.63) is 70.8 Å². The number of aryl methyl sites for hydroxylation is 1. The van der Waals surface area contributed by atoms with Crippen LogP contribution in [0.5, 0.6) is 5.75 Å². The van der Waals surface area contributed by atoms with Crippen molar-refractivity contribution in [2.45, 2.75) is 31.0 Å². The molecule has 2 aromatic carbocycles. The fourth-order valence-electron chi connectivity index (χ4n) is 3.19. The molecule has 0 amide bonds. The summed E-state index contributed by atoms with van der Waals surface area (Å²) in [5, 5.41) is 10.4. The molecule has 0 N–H and O–H groups in total.